The van der Waals surface area contributed by atoms with Gasteiger partial charge in [0.2, 0.25) is 0 Å². The maximum Gasteiger partial charge on any atom is 0.126 e. The van der Waals surface area contributed by atoms with E-state index in [2.05, 4.69) is 56.9 Å². The lowest BCUT2D eigenvalue weighted by atomic mass is 9.96. The van der Waals surface area contributed by atoms with Crippen molar-refractivity contribution in [3.05, 3.63) is 53.6 Å². The number of nitrogens with zero attached hydrogens (tertiary/aromatic N) is 3. The molecule has 1 aromatic carbocycles. The molecule has 0 saturated carbocycles. The van der Waals surface area contributed by atoms with Crippen LogP contribution in [0.1, 0.15) is 23.9 Å². The van der Waals surface area contributed by atoms with Crippen molar-refractivity contribution in [2.75, 3.05) is 39.1 Å². The molecular weight excluding hydrogens is 310 g/mol. The fraction of sp³-hybridized carbons (Fsp3) is 0.400. The minimum absolute atomic E-state index is 0.391. The van der Waals surface area contributed by atoms with Gasteiger partial charge in [0.15, 0.2) is 0 Å². The Hall–Kier alpha value is -2.40. The lowest BCUT2D eigenvalue weighted by Gasteiger charge is -2.24. The molecule has 1 unspecified atom stereocenters. The second kappa shape index (κ2) is 7.66. The molecule has 0 bridgehead atoms. The highest BCUT2D eigenvalue weighted by Gasteiger charge is 2.18. The van der Waals surface area contributed by atoms with Crippen molar-refractivity contribution in [3.8, 4) is 11.3 Å². The molecule has 0 amide bonds. The number of aryl methyl sites for hydroxylation is 1. The Morgan fingerprint density at radius 1 is 1.20 bits per heavy atom. The highest BCUT2D eigenvalue weighted by atomic mass is 15.1. The number of nitrogens with one attached hydrogen (secondary N) is 2. The first-order chi connectivity index (χ1) is 12.1. The van der Waals surface area contributed by atoms with Crippen LogP contribution in [-0.2, 0) is 0 Å². The molecule has 0 spiro atoms. The summed E-state index contributed by atoms with van der Waals surface area (Å²) in [5, 5.41) is 6.68. The van der Waals surface area contributed by atoms with E-state index in [9.17, 15) is 0 Å². The van der Waals surface area contributed by atoms with Crippen molar-refractivity contribution in [3.63, 3.8) is 0 Å². The number of benzene rings is 1. The fourth-order valence-electron chi connectivity index (χ4n) is 3.12. The number of aromatic nitrogens is 2. The summed E-state index contributed by atoms with van der Waals surface area (Å²) in [6.07, 6.45) is 3.28. The van der Waals surface area contributed by atoms with Gasteiger partial charge in [0.1, 0.15) is 5.82 Å². The van der Waals surface area contributed by atoms with Gasteiger partial charge in [0, 0.05) is 55.7 Å². The van der Waals surface area contributed by atoms with Crippen molar-refractivity contribution < 1.29 is 0 Å². The van der Waals surface area contributed by atoms with Gasteiger partial charge < -0.3 is 15.5 Å². The van der Waals surface area contributed by atoms with E-state index in [-0.39, 0.29) is 0 Å². The summed E-state index contributed by atoms with van der Waals surface area (Å²) in [5.74, 6) is 1.22. The Balaban J connectivity index is 1.84. The van der Waals surface area contributed by atoms with Crippen LogP contribution >= 0.6 is 0 Å². The third-order valence-corrected chi connectivity index (χ3v) is 4.55. The molecule has 2 aromatic rings. The van der Waals surface area contributed by atoms with Crippen molar-refractivity contribution in [2.24, 2.45) is 0 Å². The number of hydrogen-bond acceptors (Lipinski definition) is 5. The molecule has 5 heteroatoms. The summed E-state index contributed by atoms with van der Waals surface area (Å²) in [4.78, 5) is 11.4. The second-order valence-electron chi connectivity index (χ2n) is 6.74. The lowest BCUT2D eigenvalue weighted by molar-refractivity contribution is 0.571. The summed E-state index contributed by atoms with van der Waals surface area (Å²) in [5.41, 5.74) is 5.70. The summed E-state index contributed by atoms with van der Waals surface area (Å²) in [6, 6.07) is 10.7. The van der Waals surface area contributed by atoms with E-state index in [1.54, 1.807) is 0 Å². The highest BCUT2D eigenvalue weighted by Crippen LogP contribution is 2.27. The Kier molecular flexibility index (Phi) is 5.34. The van der Waals surface area contributed by atoms with E-state index < -0.39 is 0 Å². The van der Waals surface area contributed by atoms with E-state index in [0.717, 1.165) is 42.3 Å². The van der Waals surface area contributed by atoms with Gasteiger partial charge in [0.25, 0.3) is 0 Å². The molecule has 5 nitrogen and oxygen atoms in total. The smallest absolute Gasteiger partial charge is 0.126 e. The van der Waals surface area contributed by atoms with Gasteiger partial charge in [0.05, 0.1) is 5.69 Å². The maximum atomic E-state index is 4.70. The van der Waals surface area contributed by atoms with Crippen LogP contribution in [0.3, 0.4) is 0 Å². The molecule has 0 saturated heterocycles. The van der Waals surface area contributed by atoms with Gasteiger partial charge in [-0.2, -0.15) is 0 Å². The van der Waals surface area contributed by atoms with Crippen LogP contribution in [0.5, 0.6) is 0 Å². The third kappa shape index (κ3) is 4.17. The number of allylic oxidation sites excluding steroid dienone is 1. The van der Waals surface area contributed by atoms with Crippen molar-refractivity contribution in [2.45, 2.75) is 19.3 Å². The summed E-state index contributed by atoms with van der Waals surface area (Å²) >= 11 is 0. The van der Waals surface area contributed by atoms with E-state index in [0.29, 0.717) is 5.92 Å². The van der Waals surface area contributed by atoms with Crippen LogP contribution in [0, 0.1) is 6.92 Å². The molecule has 132 valence electrons. The van der Waals surface area contributed by atoms with E-state index in [1.165, 1.54) is 11.4 Å². The number of rotatable bonds is 5. The molecule has 1 aromatic heterocycles. The average molecular weight is 337 g/mol. The zero-order valence-corrected chi connectivity index (χ0v) is 15.5. The quantitative estimate of drug-likeness (QED) is 0.879. The molecule has 0 fully saturated rings. The van der Waals surface area contributed by atoms with Gasteiger partial charge in [-0.1, -0.05) is 18.2 Å². The van der Waals surface area contributed by atoms with Crippen LogP contribution < -0.4 is 15.5 Å². The standard InChI is InChI=1S/C20H27N5/c1-14-23-19(15-6-9-18(10-7-15)25(3)4)11-20(24-14)16-5-8-17(13-21-2)22-12-16/h6-11,16,21-22H,5,12-13H2,1-4H3. The molecule has 25 heavy (non-hydrogen) atoms. The normalized spacial score (nSPS) is 17.0. The van der Waals surface area contributed by atoms with Crippen molar-refractivity contribution in [1.82, 2.24) is 20.6 Å². The van der Waals surface area contributed by atoms with Crippen molar-refractivity contribution >= 4 is 5.69 Å². The van der Waals surface area contributed by atoms with Gasteiger partial charge in [-0.25, -0.2) is 9.97 Å². The summed E-state index contributed by atoms with van der Waals surface area (Å²) in [6.45, 7) is 3.78. The Morgan fingerprint density at radius 2 is 1.96 bits per heavy atom. The average Bonchev–Trinajstić information content (AvgIpc) is 2.62. The predicted octanol–water partition coefficient (Wildman–Crippen LogP) is 2.70. The van der Waals surface area contributed by atoms with Crippen LogP contribution in [0.15, 0.2) is 42.1 Å². The SMILES string of the molecule is CNCC1=CCC(c2cc(-c3ccc(N(C)C)cc3)nc(C)n2)CN1. The summed E-state index contributed by atoms with van der Waals surface area (Å²) in [7, 11) is 6.07. The van der Waals surface area contributed by atoms with Gasteiger partial charge in [-0.15, -0.1) is 0 Å². The molecule has 1 atom stereocenters. The monoisotopic (exact) mass is 337 g/mol. The topological polar surface area (TPSA) is 53.1 Å². The Morgan fingerprint density at radius 3 is 2.56 bits per heavy atom. The Labute approximate surface area is 150 Å². The largest absolute Gasteiger partial charge is 0.387 e. The molecule has 2 heterocycles. The maximum absolute atomic E-state index is 4.70. The summed E-state index contributed by atoms with van der Waals surface area (Å²) < 4.78 is 0. The number of anilines is 1. The van der Waals surface area contributed by atoms with Crippen LogP contribution in [0.4, 0.5) is 5.69 Å². The van der Waals surface area contributed by atoms with E-state index >= 15 is 0 Å². The first-order valence-corrected chi connectivity index (χ1v) is 8.77. The highest BCUT2D eigenvalue weighted by molar-refractivity contribution is 5.63. The fourth-order valence-corrected chi connectivity index (χ4v) is 3.12. The zero-order valence-electron chi connectivity index (χ0n) is 15.5. The molecule has 0 aliphatic carbocycles. The minimum atomic E-state index is 0.391. The first-order valence-electron chi connectivity index (χ1n) is 8.77. The second-order valence-corrected chi connectivity index (χ2v) is 6.74. The minimum Gasteiger partial charge on any atom is -0.387 e. The zero-order chi connectivity index (χ0) is 17.8. The van der Waals surface area contributed by atoms with Crippen LogP contribution in [0.2, 0.25) is 0 Å². The predicted molar refractivity (Wildman–Crippen MR) is 104 cm³/mol. The molecular formula is C20H27N5. The number of likely N-dealkylation sites (N-methyl/N-ethyl adjacent to an activating group) is 1. The molecule has 0 radical (unpaired) electrons. The molecule has 1 aliphatic rings. The Bertz CT molecular complexity index is 749. The van der Waals surface area contributed by atoms with Crippen LogP contribution in [0.25, 0.3) is 11.3 Å². The third-order valence-electron chi connectivity index (χ3n) is 4.55. The van der Waals surface area contributed by atoms with E-state index in [4.69, 9.17) is 4.98 Å². The van der Waals surface area contributed by atoms with Gasteiger partial charge in [-0.05, 0) is 38.6 Å². The van der Waals surface area contributed by atoms with Crippen molar-refractivity contribution in [1.29, 1.82) is 0 Å². The van der Waals surface area contributed by atoms with Gasteiger partial charge in [-0.3, -0.25) is 0 Å². The van der Waals surface area contributed by atoms with Gasteiger partial charge >= 0.3 is 0 Å². The lowest BCUT2D eigenvalue weighted by Crippen LogP contribution is -2.30. The molecule has 1 aliphatic heterocycles. The molecule has 2 N–H and O–H groups in total. The van der Waals surface area contributed by atoms with Crippen LogP contribution in [-0.4, -0.2) is 44.2 Å². The number of hydrogen-bond donors (Lipinski definition) is 2. The molecule has 3 rings (SSSR count). The first kappa shape index (κ1) is 17.4. The van der Waals surface area contributed by atoms with E-state index in [1.807, 2.05) is 28.1 Å².